The van der Waals surface area contributed by atoms with Crippen LogP contribution < -0.4 is 10.1 Å². The molecule has 2 bridgehead atoms. The minimum Gasteiger partial charge on any atom is -0.493 e. The molecular weight excluding hydrogens is 324 g/mol. The number of benzene rings is 1. The van der Waals surface area contributed by atoms with E-state index in [2.05, 4.69) is 16.4 Å². The zero-order valence-corrected chi connectivity index (χ0v) is 14.0. The van der Waals surface area contributed by atoms with Crippen LogP contribution in [0.1, 0.15) is 24.8 Å². The van der Waals surface area contributed by atoms with E-state index in [-0.39, 0.29) is 24.0 Å². The molecule has 1 amide bonds. The van der Waals surface area contributed by atoms with Gasteiger partial charge in [0, 0.05) is 17.4 Å². The molecule has 24 heavy (non-hydrogen) atoms. The lowest BCUT2D eigenvalue weighted by atomic mass is 9.89. The molecule has 6 heteroatoms. The molecule has 0 radical (unpaired) electrons. The molecule has 3 aliphatic rings. The Morgan fingerprint density at radius 3 is 3.12 bits per heavy atom. The second-order valence-electron chi connectivity index (χ2n) is 6.66. The highest BCUT2D eigenvalue weighted by molar-refractivity contribution is 7.14. The number of carbonyl (C=O) groups is 1. The van der Waals surface area contributed by atoms with Crippen molar-refractivity contribution in [1.82, 2.24) is 4.98 Å². The lowest BCUT2D eigenvalue weighted by Crippen LogP contribution is -2.30. The molecule has 2 aromatic rings. The number of thiazole rings is 1. The number of hydrogen-bond donors (Lipinski definition) is 1. The van der Waals surface area contributed by atoms with E-state index in [0.29, 0.717) is 5.13 Å². The van der Waals surface area contributed by atoms with Crippen LogP contribution in [0.2, 0.25) is 0 Å². The number of aromatic nitrogens is 1. The molecule has 3 aliphatic heterocycles. The van der Waals surface area contributed by atoms with Crippen molar-refractivity contribution in [3.05, 3.63) is 29.1 Å². The predicted octanol–water partition coefficient (Wildman–Crippen LogP) is 3.25. The van der Waals surface area contributed by atoms with Crippen LogP contribution in [0.3, 0.4) is 0 Å². The summed E-state index contributed by atoms with van der Waals surface area (Å²) in [5.41, 5.74) is 3.19. The predicted molar refractivity (Wildman–Crippen MR) is 91.4 cm³/mol. The van der Waals surface area contributed by atoms with Crippen LogP contribution in [0.25, 0.3) is 11.3 Å². The second-order valence-corrected chi connectivity index (χ2v) is 7.52. The lowest BCUT2D eigenvalue weighted by molar-refractivity contribution is -0.121. The van der Waals surface area contributed by atoms with E-state index in [0.717, 1.165) is 49.3 Å². The Balaban J connectivity index is 1.31. The van der Waals surface area contributed by atoms with E-state index in [1.165, 1.54) is 16.9 Å². The summed E-state index contributed by atoms with van der Waals surface area (Å²) < 4.78 is 11.3. The molecule has 4 heterocycles. The maximum atomic E-state index is 12.5. The third kappa shape index (κ3) is 2.41. The molecule has 124 valence electrons. The summed E-state index contributed by atoms with van der Waals surface area (Å²) in [5, 5.41) is 5.63. The third-order valence-electron chi connectivity index (χ3n) is 5.16. The van der Waals surface area contributed by atoms with Crippen molar-refractivity contribution in [2.24, 2.45) is 5.92 Å². The fraction of sp³-hybridized carbons (Fsp3) is 0.444. The molecule has 5 nitrogen and oxygen atoms in total. The number of amides is 1. The minimum atomic E-state index is -0.0201. The second kappa shape index (κ2) is 5.57. The summed E-state index contributed by atoms with van der Waals surface area (Å²) in [6.07, 6.45) is 4.28. The van der Waals surface area contributed by atoms with Crippen LogP contribution in [-0.4, -0.2) is 29.7 Å². The summed E-state index contributed by atoms with van der Waals surface area (Å²) in [5.74, 6) is 0.998. The fourth-order valence-corrected chi connectivity index (χ4v) is 4.64. The number of hydrogen-bond acceptors (Lipinski definition) is 5. The van der Waals surface area contributed by atoms with Gasteiger partial charge in [-0.3, -0.25) is 4.79 Å². The number of nitrogens with one attached hydrogen (secondary N) is 1. The van der Waals surface area contributed by atoms with Gasteiger partial charge in [-0.1, -0.05) is 0 Å². The van der Waals surface area contributed by atoms with E-state index in [4.69, 9.17) is 9.47 Å². The van der Waals surface area contributed by atoms with Gasteiger partial charge in [-0.15, -0.1) is 11.3 Å². The number of rotatable bonds is 3. The quantitative estimate of drug-likeness (QED) is 0.930. The van der Waals surface area contributed by atoms with Gasteiger partial charge in [-0.05, 0) is 43.0 Å². The molecule has 1 N–H and O–H groups in total. The van der Waals surface area contributed by atoms with E-state index < -0.39 is 0 Å². The van der Waals surface area contributed by atoms with Gasteiger partial charge in [0.25, 0.3) is 0 Å². The molecule has 0 aliphatic carbocycles. The van der Waals surface area contributed by atoms with Gasteiger partial charge in [-0.25, -0.2) is 4.98 Å². The van der Waals surface area contributed by atoms with Crippen molar-refractivity contribution < 1.29 is 14.3 Å². The number of anilines is 1. The molecule has 3 unspecified atom stereocenters. The van der Waals surface area contributed by atoms with Crippen LogP contribution in [0.4, 0.5) is 5.13 Å². The minimum absolute atomic E-state index is 0.0201. The van der Waals surface area contributed by atoms with Crippen LogP contribution in [-0.2, 0) is 16.0 Å². The normalized spacial score (nSPS) is 27.1. The van der Waals surface area contributed by atoms with Crippen molar-refractivity contribution in [2.45, 2.75) is 37.9 Å². The average Bonchev–Trinajstić information content (AvgIpc) is 3.37. The Bertz CT molecular complexity index is 803. The lowest BCUT2D eigenvalue weighted by Gasteiger charge is -2.16. The van der Waals surface area contributed by atoms with E-state index >= 15 is 0 Å². The van der Waals surface area contributed by atoms with E-state index in [1.807, 2.05) is 17.5 Å². The highest BCUT2D eigenvalue weighted by atomic mass is 32.1. The molecule has 1 aromatic heterocycles. The van der Waals surface area contributed by atoms with Gasteiger partial charge in [0.15, 0.2) is 5.13 Å². The van der Waals surface area contributed by atoms with Crippen molar-refractivity contribution in [1.29, 1.82) is 0 Å². The summed E-state index contributed by atoms with van der Waals surface area (Å²) in [4.78, 5) is 17.0. The number of nitrogens with zero attached hydrogens (tertiary/aromatic N) is 1. The first-order valence-electron chi connectivity index (χ1n) is 8.44. The largest absolute Gasteiger partial charge is 0.493 e. The fourth-order valence-electron chi connectivity index (χ4n) is 3.92. The van der Waals surface area contributed by atoms with Gasteiger partial charge in [0.2, 0.25) is 5.91 Å². The Kier molecular flexibility index (Phi) is 3.35. The van der Waals surface area contributed by atoms with Gasteiger partial charge >= 0.3 is 0 Å². The third-order valence-corrected chi connectivity index (χ3v) is 5.92. The van der Waals surface area contributed by atoms with Crippen molar-refractivity contribution in [3.8, 4) is 17.0 Å². The van der Waals surface area contributed by atoms with Gasteiger partial charge in [0.05, 0.1) is 30.4 Å². The number of carbonyl (C=O) groups excluding carboxylic acids is 1. The van der Waals surface area contributed by atoms with E-state index in [9.17, 15) is 4.79 Å². The highest BCUT2D eigenvalue weighted by Gasteiger charge is 2.44. The maximum Gasteiger partial charge on any atom is 0.231 e. The Labute approximate surface area is 144 Å². The monoisotopic (exact) mass is 342 g/mol. The Hall–Kier alpha value is -1.92. The van der Waals surface area contributed by atoms with Crippen LogP contribution in [0.5, 0.6) is 5.75 Å². The average molecular weight is 342 g/mol. The first kappa shape index (κ1) is 14.4. The summed E-state index contributed by atoms with van der Waals surface area (Å²) in [6, 6.07) is 6.16. The molecule has 0 saturated carbocycles. The van der Waals surface area contributed by atoms with Crippen molar-refractivity contribution >= 4 is 22.4 Å². The van der Waals surface area contributed by atoms with Crippen LogP contribution in [0, 0.1) is 5.92 Å². The molecule has 2 saturated heterocycles. The number of ether oxygens (including phenoxy) is 2. The molecular formula is C18H18N2O3S. The number of fused-ring (bicyclic) bond motifs is 3. The summed E-state index contributed by atoms with van der Waals surface area (Å²) >= 11 is 1.47. The zero-order valence-electron chi connectivity index (χ0n) is 13.2. The zero-order chi connectivity index (χ0) is 16.1. The smallest absolute Gasteiger partial charge is 0.231 e. The molecule has 5 rings (SSSR count). The summed E-state index contributed by atoms with van der Waals surface area (Å²) in [6.45, 7) is 0.753. The Morgan fingerprint density at radius 2 is 2.29 bits per heavy atom. The molecule has 1 aromatic carbocycles. The standard InChI is InChI=1S/C18H18N2O3S/c21-17(13-8-12-2-4-16(13)23-12)20-18-19-14(9-24-18)10-1-3-15-11(7-10)5-6-22-15/h1,3,7,9,12-13,16H,2,4-6,8H2,(H,19,20,21). The maximum absolute atomic E-state index is 12.5. The van der Waals surface area contributed by atoms with Crippen LogP contribution in [0.15, 0.2) is 23.6 Å². The topological polar surface area (TPSA) is 60.5 Å². The highest BCUT2D eigenvalue weighted by Crippen LogP contribution is 2.39. The molecule has 2 fully saturated rings. The van der Waals surface area contributed by atoms with Gasteiger partial charge in [-0.2, -0.15) is 0 Å². The van der Waals surface area contributed by atoms with Gasteiger partial charge < -0.3 is 14.8 Å². The SMILES string of the molecule is O=C(Nc1nc(-c2ccc3c(c2)CCO3)cs1)C1CC2CCC1O2. The molecule has 3 atom stereocenters. The van der Waals surface area contributed by atoms with Crippen molar-refractivity contribution in [3.63, 3.8) is 0 Å². The summed E-state index contributed by atoms with van der Waals surface area (Å²) in [7, 11) is 0. The molecule has 0 spiro atoms. The van der Waals surface area contributed by atoms with Crippen LogP contribution >= 0.6 is 11.3 Å². The first-order valence-corrected chi connectivity index (χ1v) is 9.32. The first-order chi connectivity index (χ1) is 11.8. The Morgan fingerprint density at radius 1 is 1.33 bits per heavy atom. The van der Waals surface area contributed by atoms with Gasteiger partial charge in [0.1, 0.15) is 5.75 Å². The van der Waals surface area contributed by atoms with E-state index in [1.54, 1.807) is 0 Å². The van der Waals surface area contributed by atoms with Crippen molar-refractivity contribution in [2.75, 3.05) is 11.9 Å².